The second kappa shape index (κ2) is 5.96. The van der Waals surface area contributed by atoms with Crippen LogP contribution < -0.4 is 10.5 Å². The summed E-state index contributed by atoms with van der Waals surface area (Å²) in [5.41, 5.74) is 7.80. The first-order valence-corrected chi connectivity index (χ1v) is 7.53. The zero-order chi connectivity index (χ0) is 13.9. The number of ether oxygens (including phenoxy) is 1. The molecule has 0 saturated heterocycles. The van der Waals surface area contributed by atoms with E-state index in [2.05, 4.69) is 32.9 Å². The highest BCUT2D eigenvalue weighted by Gasteiger charge is 2.28. The topological polar surface area (TPSA) is 35.2 Å². The molecule has 1 saturated carbocycles. The molecule has 0 heterocycles. The summed E-state index contributed by atoms with van der Waals surface area (Å²) in [5.74, 6) is 0.988. The average Bonchev–Trinajstić information content (AvgIpc) is 2.41. The molecule has 1 fully saturated rings. The van der Waals surface area contributed by atoms with Crippen molar-refractivity contribution in [1.82, 2.24) is 0 Å². The highest BCUT2D eigenvalue weighted by atomic mass is 16.5. The molecule has 0 bridgehead atoms. The minimum Gasteiger partial charge on any atom is -0.490 e. The van der Waals surface area contributed by atoms with Gasteiger partial charge < -0.3 is 10.5 Å². The third-order valence-corrected chi connectivity index (χ3v) is 4.34. The summed E-state index contributed by atoms with van der Waals surface area (Å²) in [5, 5.41) is 0. The van der Waals surface area contributed by atoms with Gasteiger partial charge in [-0.15, -0.1) is 0 Å². The van der Waals surface area contributed by atoms with Gasteiger partial charge in [0.15, 0.2) is 0 Å². The Hall–Kier alpha value is -1.02. The van der Waals surface area contributed by atoms with Crippen molar-refractivity contribution < 1.29 is 4.74 Å². The lowest BCUT2D eigenvalue weighted by molar-refractivity contribution is 0.0976. The lowest BCUT2D eigenvalue weighted by Gasteiger charge is -2.34. The third-order valence-electron chi connectivity index (χ3n) is 4.34. The third kappa shape index (κ3) is 3.73. The Kier molecular flexibility index (Phi) is 4.51. The van der Waals surface area contributed by atoms with Gasteiger partial charge in [0.25, 0.3) is 0 Å². The molecule has 0 amide bonds. The second-order valence-corrected chi connectivity index (χ2v) is 6.53. The molecule has 1 aliphatic carbocycles. The monoisotopic (exact) mass is 261 g/mol. The van der Waals surface area contributed by atoms with E-state index in [4.69, 9.17) is 10.5 Å². The van der Waals surface area contributed by atoms with Gasteiger partial charge in [0.05, 0.1) is 6.10 Å². The molecule has 2 nitrogen and oxygen atoms in total. The second-order valence-electron chi connectivity index (χ2n) is 6.53. The Balaban J connectivity index is 2.04. The molecule has 2 rings (SSSR count). The molecule has 0 aromatic heterocycles. The Labute approximate surface area is 117 Å². The quantitative estimate of drug-likeness (QED) is 0.869. The minimum atomic E-state index is 0.0798. The highest BCUT2D eigenvalue weighted by Crippen LogP contribution is 2.37. The van der Waals surface area contributed by atoms with Gasteiger partial charge in [-0.1, -0.05) is 39.0 Å². The summed E-state index contributed by atoms with van der Waals surface area (Å²) in [6.45, 7) is 6.82. The lowest BCUT2D eigenvalue weighted by atomic mass is 9.76. The Morgan fingerprint density at radius 2 is 1.89 bits per heavy atom. The standard InChI is InChI=1S/C17H27NO/c1-4-15(18)14-7-5-6-8-16(14)19-13-9-11-17(2,3)12-10-13/h5-8,13,15H,4,9-12,18H2,1-3H3. The van der Waals surface area contributed by atoms with Crippen LogP contribution >= 0.6 is 0 Å². The largest absolute Gasteiger partial charge is 0.490 e. The maximum absolute atomic E-state index is 6.22. The van der Waals surface area contributed by atoms with E-state index < -0.39 is 0 Å². The van der Waals surface area contributed by atoms with Crippen LogP contribution in [0.5, 0.6) is 5.75 Å². The van der Waals surface area contributed by atoms with Gasteiger partial charge in [-0.2, -0.15) is 0 Å². The van der Waals surface area contributed by atoms with Gasteiger partial charge in [-0.25, -0.2) is 0 Å². The maximum Gasteiger partial charge on any atom is 0.124 e. The zero-order valence-corrected chi connectivity index (χ0v) is 12.5. The first-order valence-electron chi connectivity index (χ1n) is 7.53. The van der Waals surface area contributed by atoms with E-state index in [1.165, 1.54) is 12.8 Å². The molecule has 106 valence electrons. The van der Waals surface area contributed by atoms with E-state index in [1.54, 1.807) is 0 Å². The fourth-order valence-electron chi connectivity index (χ4n) is 2.78. The van der Waals surface area contributed by atoms with Crippen molar-refractivity contribution in [3.63, 3.8) is 0 Å². The SMILES string of the molecule is CCC(N)c1ccccc1OC1CCC(C)(C)CC1. The number of rotatable bonds is 4. The molecule has 1 aliphatic rings. The predicted molar refractivity (Wildman–Crippen MR) is 80.3 cm³/mol. The lowest BCUT2D eigenvalue weighted by Crippen LogP contribution is -2.28. The van der Waals surface area contributed by atoms with E-state index in [1.807, 2.05) is 12.1 Å². The van der Waals surface area contributed by atoms with Crippen LogP contribution in [0.25, 0.3) is 0 Å². The van der Waals surface area contributed by atoms with Crippen molar-refractivity contribution >= 4 is 0 Å². The molecule has 19 heavy (non-hydrogen) atoms. The summed E-state index contributed by atoms with van der Waals surface area (Å²) in [6.07, 6.45) is 6.11. The minimum absolute atomic E-state index is 0.0798. The molecule has 1 atom stereocenters. The first kappa shape index (κ1) is 14.4. The van der Waals surface area contributed by atoms with E-state index in [0.29, 0.717) is 11.5 Å². The molecule has 1 aromatic carbocycles. The van der Waals surface area contributed by atoms with E-state index in [0.717, 1.165) is 30.6 Å². The molecular formula is C17H27NO. The van der Waals surface area contributed by atoms with E-state index in [-0.39, 0.29) is 6.04 Å². The van der Waals surface area contributed by atoms with Gasteiger partial charge in [0, 0.05) is 11.6 Å². The van der Waals surface area contributed by atoms with Crippen molar-refractivity contribution in [3.05, 3.63) is 29.8 Å². The summed E-state index contributed by atoms with van der Waals surface area (Å²) < 4.78 is 6.22. The predicted octanol–water partition coefficient (Wildman–Crippen LogP) is 4.44. The molecule has 1 unspecified atom stereocenters. The highest BCUT2D eigenvalue weighted by molar-refractivity contribution is 5.35. The molecule has 2 heteroatoms. The van der Waals surface area contributed by atoms with Crippen LogP contribution in [-0.2, 0) is 0 Å². The molecule has 1 aromatic rings. The Morgan fingerprint density at radius 3 is 2.53 bits per heavy atom. The van der Waals surface area contributed by atoms with Crippen LogP contribution in [-0.4, -0.2) is 6.10 Å². The van der Waals surface area contributed by atoms with Crippen LogP contribution in [0, 0.1) is 5.41 Å². The van der Waals surface area contributed by atoms with Crippen LogP contribution in [0.1, 0.15) is 64.5 Å². The van der Waals surface area contributed by atoms with Crippen LogP contribution in [0.4, 0.5) is 0 Å². The Morgan fingerprint density at radius 1 is 1.26 bits per heavy atom. The van der Waals surface area contributed by atoms with Crippen molar-refractivity contribution in [1.29, 1.82) is 0 Å². The number of hydrogen-bond donors (Lipinski definition) is 1. The molecule has 0 spiro atoms. The average molecular weight is 261 g/mol. The van der Waals surface area contributed by atoms with Gasteiger partial charge in [0.2, 0.25) is 0 Å². The van der Waals surface area contributed by atoms with Crippen LogP contribution in [0.3, 0.4) is 0 Å². The summed E-state index contributed by atoms with van der Waals surface area (Å²) >= 11 is 0. The molecule has 0 radical (unpaired) electrons. The van der Waals surface area contributed by atoms with Crippen LogP contribution in [0.15, 0.2) is 24.3 Å². The number of nitrogens with two attached hydrogens (primary N) is 1. The van der Waals surface area contributed by atoms with Crippen molar-refractivity contribution in [2.24, 2.45) is 11.1 Å². The maximum atomic E-state index is 6.22. The fourth-order valence-corrected chi connectivity index (χ4v) is 2.78. The van der Waals surface area contributed by atoms with E-state index in [9.17, 15) is 0 Å². The van der Waals surface area contributed by atoms with Gasteiger partial charge >= 0.3 is 0 Å². The van der Waals surface area contributed by atoms with Crippen molar-refractivity contribution in [2.45, 2.75) is 65.0 Å². The van der Waals surface area contributed by atoms with E-state index >= 15 is 0 Å². The van der Waals surface area contributed by atoms with Gasteiger partial charge in [-0.3, -0.25) is 0 Å². The number of hydrogen-bond acceptors (Lipinski definition) is 2. The zero-order valence-electron chi connectivity index (χ0n) is 12.5. The normalized spacial score (nSPS) is 21.1. The number of benzene rings is 1. The molecule has 2 N–H and O–H groups in total. The molecule has 0 aliphatic heterocycles. The summed E-state index contributed by atoms with van der Waals surface area (Å²) in [6, 6.07) is 8.31. The Bertz CT molecular complexity index is 403. The summed E-state index contributed by atoms with van der Waals surface area (Å²) in [4.78, 5) is 0. The van der Waals surface area contributed by atoms with Crippen LogP contribution in [0.2, 0.25) is 0 Å². The van der Waals surface area contributed by atoms with Gasteiger partial charge in [-0.05, 0) is 43.6 Å². The number of para-hydroxylation sites is 1. The fraction of sp³-hybridized carbons (Fsp3) is 0.647. The van der Waals surface area contributed by atoms with Crippen molar-refractivity contribution in [3.8, 4) is 5.75 Å². The first-order chi connectivity index (χ1) is 9.02. The summed E-state index contributed by atoms with van der Waals surface area (Å²) in [7, 11) is 0. The van der Waals surface area contributed by atoms with Crippen molar-refractivity contribution in [2.75, 3.05) is 0 Å². The smallest absolute Gasteiger partial charge is 0.124 e. The molecular weight excluding hydrogens is 234 g/mol. The van der Waals surface area contributed by atoms with Gasteiger partial charge in [0.1, 0.15) is 5.75 Å².